The Morgan fingerprint density at radius 1 is 1.33 bits per heavy atom. The van der Waals surface area contributed by atoms with Gasteiger partial charge in [-0.25, -0.2) is 0 Å². The minimum Gasteiger partial charge on any atom is -0.332 e. The van der Waals surface area contributed by atoms with Crippen molar-refractivity contribution in [1.29, 1.82) is 0 Å². The first-order valence-electron chi connectivity index (χ1n) is 7.15. The second kappa shape index (κ2) is 5.86. The average Bonchev–Trinajstić information content (AvgIpc) is 2.97. The number of benzene rings is 1. The van der Waals surface area contributed by atoms with Crippen molar-refractivity contribution in [1.82, 2.24) is 9.88 Å². The van der Waals surface area contributed by atoms with Crippen LogP contribution in [0.3, 0.4) is 0 Å². The number of rotatable bonds is 2. The third-order valence-corrected chi connectivity index (χ3v) is 4.23. The summed E-state index contributed by atoms with van der Waals surface area (Å²) in [6.45, 7) is 2.63. The fraction of sp³-hybridized carbons (Fsp3) is 0.294. The second-order valence-electron chi connectivity index (χ2n) is 5.37. The Morgan fingerprint density at radius 2 is 2.10 bits per heavy atom. The van der Waals surface area contributed by atoms with Gasteiger partial charge >= 0.3 is 0 Å². The minimum atomic E-state index is -0.0288. The zero-order valence-corrected chi connectivity index (χ0v) is 12.7. The highest BCUT2D eigenvalue weighted by molar-refractivity contribution is 6.33. The lowest BCUT2D eigenvalue weighted by atomic mass is 10.0. The molecule has 21 heavy (non-hydrogen) atoms. The van der Waals surface area contributed by atoms with Gasteiger partial charge in [-0.05, 0) is 31.4 Å². The van der Waals surface area contributed by atoms with Crippen LogP contribution in [0.15, 0.2) is 42.6 Å². The molecule has 1 unspecified atom stereocenters. The highest BCUT2D eigenvalue weighted by atomic mass is 35.5. The molecule has 0 aliphatic carbocycles. The van der Waals surface area contributed by atoms with E-state index in [0.29, 0.717) is 10.6 Å². The van der Waals surface area contributed by atoms with Crippen molar-refractivity contribution in [3.05, 3.63) is 64.4 Å². The predicted octanol–water partition coefficient (Wildman–Crippen LogP) is 4.02. The molecule has 3 nitrogen and oxygen atoms in total. The maximum Gasteiger partial charge on any atom is 0.257 e. The summed E-state index contributed by atoms with van der Waals surface area (Å²) in [5.41, 5.74) is 2.49. The Morgan fingerprint density at radius 3 is 2.81 bits per heavy atom. The summed E-state index contributed by atoms with van der Waals surface area (Å²) < 4.78 is 0. The lowest BCUT2D eigenvalue weighted by molar-refractivity contribution is 0.0735. The van der Waals surface area contributed by atoms with Crippen molar-refractivity contribution in [3.8, 4) is 0 Å². The molecule has 1 fully saturated rings. The van der Waals surface area contributed by atoms with Crippen molar-refractivity contribution in [3.63, 3.8) is 0 Å². The number of likely N-dealkylation sites (tertiary alicyclic amines) is 1. The summed E-state index contributed by atoms with van der Waals surface area (Å²) >= 11 is 6.21. The lowest BCUT2D eigenvalue weighted by Gasteiger charge is -2.25. The molecular formula is C17H17ClN2O. The monoisotopic (exact) mass is 300 g/mol. The van der Waals surface area contributed by atoms with Gasteiger partial charge in [-0.3, -0.25) is 9.78 Å². The quantitative estimate of drug-likeness (QED) is 0.839. The molecule has 0 spiro atoms. The summed E-state index contributed by atoms with van der Waals surface area (Å²) in [6, 6.07) is 12.0. The summed E-state index contributed by atoms with van der Waals surface area (Å²) in [5, 5.41) is 0.478. The fourth-order valence-electron chi connectivity index (χ4n) is 2.87. The Kier molecular flexibility index (Phi) is 3.93. The highest BCUT2D eigenvalue weighted by Crippen LogP contribution is 2.33. The van der Waals surface area contributed by atoms with E-state index in [1.807, 2.05) is 30.0 Å². The molecule has 1 aliphatic heterocycles. The number of pyridine rings is 1. The van der Waals surface area contributed by atoms with Crippen molar-refractivity contribution in [2.24, 2.45) is 0 Å². The topological polar surface area (TPSA) is 33.2 Å². The van der Waals surface area contributed by atoms with Crippen LogP contribution in [0.4, 0.5) is 0 Å². The molecule has 2 aromatic rings. The van der Waals surface area contributed by atoms with E-state index in [1.54, 1.807) is 12.3 Å². The molecule has 2 heterocycles. The summed E-state index contributed by atoms with van der Waals surface area (Å²) in [5.74, 6) is -0.0288. The molecule has 0 radical (unpaired) electrons. The Hall–Kier alpha value is -1.87. The van der Waals surface area contributed by atoms with Gasteiger partial charge in [0.15, 0.2) is 0 Å². The van der Waals surface area contributed by atoms with Gasteiger partial charge in [0.1, 0.15) is 0 Å². The number of amides is 1. The van der Waals surface area contributed by atoms with Crippen LogP contribution in [0.1, 0.15) is 40.5 Å². The van der Waals surface area contributed by atoms with Gasteiger partial charge in [-0.2, -0.15) is 0 Å². The number of carbonyl (C=O) groups is 1. The molecule has 0 bridgehead atoms. The van der Waals surface area contributed by atoms with E-state index in [2.05, 4.69) is 17.1 Å². The second-order valence-corrected chi connectivity index (χ2v) is 5.78. The maximum atomic E-state index is 12.8. The molecule has 1 aromatic carbocycles. The Balaban J connectivity index is 1.90. The summed E-state index contributed by atoms with van der Waals surface area (Å²) in [4.78, 5) is 18.9. The molecule has 1 amide bonds. The van der Waals surface area contributed by atoms with E-state index in [9.17, 15) is 4.79 Å². The van der Waals surface area contributed by atoms with Gasteiger partial charge in [0.25, 0.3) is 5.91 Å². The van der Waals surface area contributed by atoms with E-state index < -0.39 is 0 Å². The van der Waals surface area contributed by atoms with E-state index >= 15 is 0 Å². The van der Waals surface area contributed by atoms with E-state index in [0.717, 1.165) is 25.1 Å². The predicted molar refractivity (Wildman–Crippen MR) is 83.4 cm³/mol. The van der Waals surface area contributed by atoms with Crippen molar-refractivity contribution in [2.75, 3.05) is 6.54 Å². The maximum absolute atomic E-state index is 12.8. The number of aromatic nitrogens is 1. The molecule has 3 rings (SSSR count). The molecule has 4 heteroatoms. The van der Waals surface area contributed by atoms with E-state index in [4.69, 9.17) is 11.6 Å². The molecule has 0 saturated carbocycles. The third kappa shape index (κ3) is 2.79. The molecule has 1 saturated heterocycles. The van der Waals surface area contributed by atoms with Crippen LogP contribution in [-0.4, -0.2) is 22.3 Å². The number of nitrogens with zero attached hydrogens (tertiary/aromatic N) is 2. The molecule has 0 N–H and O–H groups in total. The molecular weight excluding hydrogens is 284 g/mol. The molecule has 1 aliphatic rings. The van der Waals surface area contributed by atoms with Gasteiger partial charge in [0.05, 0.1) is 16.6 Å². The van der Waals surface area contributed by atoms with Crippen LogP contribution >= 0.6 is 11.6 Å². The zero-order valence-electron chi connectivity index (χ0n) is 11.9. The standard InChI is InChI=1S/C17H17ClN2O/c1-12-10-15(18)14(11-19-12)17(21)20-9-5-8-16(20)13-6-3-2-4-7-13/h2-4,6-7,10-11,16H,5,8-9H2,1H3. The minimum absolute atomic E-state index is 0.0288. The number of hydrogen-bond acceptors (Lipinski definition) is 2. The lowest BCUT2D eigenvalue weighted by Crippen LogP contribution is -2.30. The largest absolute Gasteiger partial charge is 0.332 e. The van der Waals surface area contributed by atoms with E-state index in [-0.39, 0.29) is 11.9 Å². The van der Waals surface area contributed by atoms with E-state index in [1.165, 1.54) is 5.56 Å². The summed E-state index contributed by atoms with van der Waals surface area (Å²) in [7, 11) is 0. The van der Waals surface area contributed by atoms with Crippen LogP contribution in [-0.2, 0) is 0 Å². The van der Waals surface area contributed by atoms with Crippen molar-refractivity contribution >= 4 is 17.5 Å². The van der Waals surface area contributed by atoms with Gasteiger partial charge in [-0.15, -0.1) is 0 Å². The van der Waals surface area contributed by atoms with Gasteiger partial charge in [0, 0.05) is 18.4 Å². The normalized spacial score (nSPS) is 18.0. The van der Waals surface area contributed by atoms with Crippen molar-refractivity contribution < 1.29 is 4.79 Å². The third-order valence-electron chi connectivity index (χ3n) is 3.92. The highest BCUT2D eigenvalue weighted by Gasteiger charge is 2.31. The number of aryl methyl sites for hydroxylation is 1. The number of hydrogen-bond donors (Lipinski definition) is 0. The molecule has 1 atom stereocenters. The van der Waals surface area contributed by atoms with Crippen LogP contribution in [0, 0.1) is 6.92 Å². The van der Waals surface area contributed by atoms with Gasteiger partial charge < -0.3 is 4.90 Å². The molecule has 1 aromatic heterocycles. The Bertz CT molecular complexity index is 657. The first kappa shape index (κ1) is 14.1. The Labute approximate surface area is 129 Å². The first-order chi connectivity index (χ1) is 10.2. The molecule has 108 valence electrons. The van der Waals surface area contributed by atoms with Gasteiger partial charge in [-0.1, -0.05) is 41.9 Å². The van der Waals surface area contributed by atoms with Crippen LogP contribution in [0.2, 0.25) is 5.02 Å². The van der Waals surface area contributed by atoms with Crippen molar-refractivity contribution in [2.45, 2.75) is 25.8 Å². The zero-order chi connectivity index (χ0) is 14.8. The smallest absolute Gasteiger partial charge is 0.257 e. The number of halogens is 1. The average molecular weight is 301 g/mol. The SMILES string of the molecule is Cc1cc(Cl)c(C(=O)N2CCCC2c2ccccc2)cn1. The first-order valence-corrected chi connectivity index (χ1v) is 7.52. The van der Waals surface area contributed by atoms with Crippen LogP contribution < -0.4 is 0 Å². The number of carbonyl (C=O) groups excluding carboxylic acids is 1. The fourth-order valence-corrected chi connectivity index (χ4v) is 3.16. The van der Waals surface area contributed by atoms with Crippen LogP contribution in [0.25, 0.3) is 0 Å². The van der Waals surface area contributed by atoms with Gasteiger partial charge in [0.2, 0.25) is 0 Å². The van der Waals surface area contributed by atoms with Crippen LogP contribution in [0.5, 0.6) is 0 Å². The summed E-state index contributed by atoms with van der Waals surface area (Å²) in [6.07, 6.45) is 3.59.